The van der Waals surface area contributed by atoms with Gasteiger partial charge in [0, 0.05) is 18.8 Å². The van der Waals surface area contributed by atoms with E-state index in [1.165, 1.54) is 0 Å². The highest BCUT2D eigenvalue weighted by molar-refractivity contribution is 5.68. The van der Waals surface area contributed by atoms with Gasteiger partial charge in [-0.2, -0.15) is 0 Å². The maximum atomic E-state index is 12.5. The van der Waals surface area contributed by atoms with Gasteiger partial charge in [0.15, 0.2) is 0 Å². The fraction of sp³-hybridized carbons (Fsp3) is 0.316. The lowest BCUT2D eigenvalue weighted by Gasteiger charge is -2.27. The molecule has 1 amide bonds. The molecule has 0 heterocycles. The zero-order valence-corrected chi connectivity index (χ0v) is 14.0. The van der Waals surface area contributed by atoms with E-state index < -0.39 is 5.60 Å². The quantitative estimate of drug-likeness (QED) is 0.861. The summed E-state index contributed by atoms with van der Waals surface area (Å²) in [6.07, 6.45) is -0.321. The molecule has 2 aromatic rings. The van der Waals surface area contributed by atoms with E-state index in [1.54, 1.807) is 4.90 Å². The van der Waals surface area contributed by atoms with E-state index in [0.29, 0.717) is 18.8 Å². The zero-order chi connectivity index (χ0) is 16.9. The molecule has 4 nitrogen and oxygen atoms in total. The van der Waals surface area contributed by atoms with E-state index in [9.17, 15) is 4.79 Å². The summed E-state index contributed by atoms with van der Waals surface area (Å²) in [5.74, 6) is 0. The summed E-state index contributed by atoms with van der Waals surface area (Å²) in [5, 5.41) is 0. The molecule has 0 saturated heterocycles. The topological polar surface area (TPSA) is 55.6 Å². The summed E-state index contributed by atoms with van der Waals surface area (Å²) < 4.78 is 5.53. The Hall–Kier alpha value is -2.49. The molecule has 0 atom stereocenters. The number of benzene rings is 2. The van der Waals surface area contributed by atoms with Gasteiger partial charge in [0.1, 0.15) is 5.60 Å². The summed E-state index contributed by atoms with van der Waals surface area (Å²) in [7, 11) is 0. The third kappa shape index (κ3) is 5.66. The highest BCUT2D eigenvalue weighted by Gasteiger charge is 2.22. The summed E-state index contributed by atoms with van der Waals surface area (Å²) in [6.45, 7) is 6.59. The van der Waals surface area contributed by atoms with Crippen LogP contribution in [-0.2, 0) is 17.8 Å². The van der Waals surface area contributed by atoms with Crippen LogP contribution in [-0.4, -0.2) is 16.6 Å². The summed E-state index contributed by atoms with van der Waals surface area (Å²) in [4.78, 5) is 14.2. The fourth-order valence-corrected chi connectivity index (χ4v) is 2.16. The first-order chi connectivity index (χ1) is 10.8. The highest BCUT2D eigenvalue weighted by Crippen LogP contribution is 2.16. The first-order valence-electron chi connectivity index (χ1n) is 7.70. The van der Waals surface area contributed by atoms with Crippen LogP contribution in [0.2, 0.25) is 0 Å². The molecule has 122 valence electrons. The lowest BCUT2D eigenvalue weighted by atomic mass is 10.1. The van der Waals surface area contributed by atoms with Crippen LogP contribution in [0, 0.1) is 0 Å². The van der Waals surface area contributed by atoms with Crippen LogP contribution in [0.3, 0.4) is 0 Å². The SMILES string of the molecule is CC(C)(C)OC(=O)N(Cc1ccccc1)Cc1ccc(N)cc1. The number of hydrogen-bond acceptors (Lipinski definition) is 3. The molecule has 0 aliphatic rings. The number of nitrogen functional groups attached to an aromatic ring is 1. The standard InChI is InChI=1S/C19H24N2O2/c1-19(2,3)23-18(22)21(13-15-7-5-4-6-8-15)14-16-9-11-17(20)12-10-16/h4-12H,13-14,20H2,1-3H3. The first-order valence-corrected chi connectivity index (χ1v) is 7.70. The summed E-state index contributed by atoms with van der Waals surface area (Å²) in [5.41, 5.74) is 7.99. The molecule has 2 aromatic carbocycles. The third-order valence-electron chi connectivity index (χ3n) is 3.22. The average Bonchev–Trinajstić information content (AvgIpc) is 2.48. The molecule has 0 radical (unpaired) electrons. The van der Waals surface area contributed by atoms with Crippen LogP contribution >= 0.6 is 0 Å². The number of hydrogen-bond donors (Lipinski definition) is 1. The minimum atomic E-state index is -0.521. The first kappa shape index (κ1) is 16.9. The number of rotatable bonds is 4. The molecule has 0 saturated carbocycles. The monoisotopic (exact) mass is 312 g/mol. The molecule has 0 aromatic heterocycles. The van der Waals surface area contributed by atoms with Gasteiger partial charge in [0.05, 0.1) is 0 Å². The second-order valence-corrected chi connectivity index (χ2v) is 6.56. The van der Waals surface area contributed by atoms with Crippen molar-refractivity contribution in [1.29, 1.82) is 0 Å². The largest absolute Gasteiger partial charge is 0.444 e. The lowest BCUT2D eigenvalue weighted by Crippen LogP contribution is -2.36. The third-order valence-corrected chi connectivity index (χ3v) is 3.22. The van der Waals surface area contributed by atoms with Crippen molar-refractivity contribution in [2.45, 2.75) is 39.5 Å². The van der Waals surface area contributed by atoms with Crippen molar-refractivity contribution in [2.75, 3.05) is 5.73 Å². The van der Waals surface area contributed by atoms with E-state index >= 15 is 0 Å². The van der Waals surface area contributed by atoms with Gasteiger partial charge in [0.25, 0.3) is 0 Å². The molecule has 0 spiro atoms. The number of amides is 1. The van der Waals surface area contributed by atoms with E-state index in [1.807, 2.05) is 75.4 Å². The number of anilines is 1. The predicted octanol–water partition coefficient (Wildman–Crippen LogP) is 4.21. The van der Waals surface area contributed by atoms with Gasteiger partial charge < -0.3 is 10.5 Å². The minimum absolute atomic E-state index is 0.321. The molecule has 2 rings (SSSR count). The Kier molecular flexibility index (Phi) is 5.27. The number of nitrogens with two attached hydrogens (primary N) is 1. The predicted molar refractivity (Wildman–Crippen MR) is 92.8 cm³/mol. The Bertz CT molecular complexity index is 631. The minimum Gasteiger partial charge on any atom is -0.444 e. The van der Waals surface area contributed by atoms with Crippen LogP contribution in [0.1, 0.15) is 31.9 Å². The molecule has 0 fully saturated rings. The van der Waals surface area contributed by atoms with Gasteiger partial charge in [0.2, 0.25) is 0 Å². The van der Waals surface area contributed by atoms with Crippen LogP contribution in [0.25, 0.3) is 0 Å². The fourth-order valence-electron chi connectivity index (χ4n) is 2.16. The number of ether oxygens (including phenoxy) is 1. The average molecular weight is 312 g/mol. The van der Waals surface area contributed by atoms with Crippen LogP contribution < -0.4 is 5.73 Å². The van der Waals surface area contributed by atoms with E-state index in [-0.39, 0.29) is 6.09 Å². The van der Waals surface area contributed by atoms with Gasteiger partial charge >= 0.3 is 6.09 Å². The molecule has 2 N–H and O–H groups in total. The van der Waals surface area contributed by atoms with Crippen molar-refractivity contribution in [3.05, 3.63) is 65.7 Å². The molecule has 0 aliphatic heterocycles. The molecule has 0 unspecified atom stereocenters. The Labute approximate surface area is 137 Å². The van der Waals surface area contributed by atoms with Gasteiger partial charge in [-0.1, -0.05) is 42.5 Å². The van der Waals surface area contributed by atoms with Crippen LogP contribution in [0.5, 0.6) is 0 Å². The van der Waals surface area contributed by atoms with E-state index in [4.69, 9.17) is 10.5 Å². The molecule has 23 heavy (non-hydrogen) atoms. The number of nitrogens with zero attached hydrogens (tertiary/aromatic N) is 1. The van der Waals surface area contributed by atoms with E-state index in [2.05, 4.69) is 0 Å². The lowest BCUT2D eigenvalue weighted by molar-refractivity contribution is 0.0216. The van der Waals surface area contributed by atoms with Crippen molar-refractivity contribution in [2.24, 2.45) is 0 Å². The Morgan fingerprint density at radius 1 is 0.957 bits per heavy atom. The smallest absolute Gasteiger partial charge is 0.410 e. The van der Waals surface area contributed by atoms with Crippen molar-refractivity contribution in [3.8, 4) is 0 Å². The van der Waals surface area contributed by atoms with Crippen molar-refractivity contribution in [3.63, 3.8) is 0 Å². The second kappa shape index (κ2) is 7.18. The molecule has 0 bridgehead atoms. The summed E-state index contributed by atoms with van der Waals surface area (Å²) >= 11 is 0. The number of carbonyl (C=O) groups excluding carboxylic acids is 1. The van der Waals surface area contributed by atoms with Gasteiger partial charge in [-0.25, -0.2) is 4.79 Å². The normalized spacial score (nSPS) is 11.1. The van der Waals surface area contributed by atoms with E-state index in [0.717, 1.165) is 11.1 Å². The van der Waals surface area contributed by atoms with Crippen molar-refractivity contribution < 1.29 is 9.53 Å². The Balaban J connectivity index is 2.16. The maximum absolute atomic E-state index is 12.5. The van der Waals surface area contributed by atoms with Gasteiger partial charge in [-0.05, 0) is 44.0 Å². The van der Waals surface area contributed by atoms with Gasteiger partial charge in [-0.3, -0.25) is 4.90 Å². The molecule has 0 aliphatic carbocycles. The van der Waals surface area contributed by atoms with Crippen molar-refractivity contribution >= 4 is 11.8 Å². The molecule has 4 heteroatoms. The number of carbonyl (C=O) groups is 1. The molecular formula is C19H24N2O2. The van der Waals surface area contributed by atoms with Crippen LogP contribution in [0.4, 0.5) is 10.5 Å². The summed E-state index contributed by atoms with van der Waals surface area (Å²) in [6, 6.07) is 17.4. The zero-order valence-electron chi connectivity index (χ0n) is 14.0. The molecular weight excluding hydrogens is 288 g/mol. The Morgan fingerprint density at radius 2 is 1.48 bits per heavy atom. The van der Waals surface area contributed by atoms with Crippen molar-refractivity contribution in [1.82, 2.24) is 4.90 Å². The Morgan fingerprint density at radius 3 is 2.00 bits per heavy atom. The van der Waals surface area contributed by atoms with Crippen LogP contribution in [0.15, 0.2) is 54.6 Å². The maximum Gasteiger partial charge on any atom is 0.410 e. The second-order valence-electron chi connectivity index (χ2n) is 6.56. The highest BCUT2D eigenvalue weighted by atomic mass is 16.6. The van der Waals surface area contributed by atoms with Gasteiger partial charge in [-0.15, -0.1) is 0 Å².